The van der Waals surface area contributed by atoms with Crippen molar-refractivity contribution in [3.63, 3.8) is 0 Å². The zero-order chi connectivity index (χ0) is 33.9. The molecule has 250 valence electrons. The third-order valence-electron chi connectivity index (χ3n) is 9.36. The van der Waals surface area contributed by atoms with E-state index in [1.54, 1.807) is 63.2 Å². The highest BCUT2D eigenvalue weighted by molar-refractivity contribution is 5.84. The lowest BCUT2D eigenvalue weighted by Gasteiger charge is -2.61. The minimum Gasteiger partial charge on any atom is -0.477 e. The van der Waals surface area contributed by atoms with Crippen LogP contribution in [0.1, 0.15) is 70.3 Å². The number of hydrogen-bond donors (Lipinski definition) is 1. The van der Waals surface area contributed by atoms with Gasteiger partial charge < -0.3 is 38.4 Å². The van der Waals surface area contributed by atoms with Gasteiger partial charge in [-0.25, -0.2) is 14.4 Å². The van der Waals surface area contributed by atoms with Gasteiger partial charge in [0.1, 0.15) is 11.4 Å². The molecule has 2 aromatic rings. The molecule has 1 saturated heterocycles. The minimum absolute atomic E-state index is 0.128. The fraction of sp³-hybridized carbons (Fsp3) is 0.486. The number of benzene rings is 2. The van der Waals surface area contributed by atoms with Gasteiger partial charge in [0.2, 0.25) is 6.10 Å². The monoisotopic (exact) mass is 649 g/mol. The van der Waals surface area contributed by atoms with Gasteiger partial charge in [-0.05, 0) is 71.8 Å². The fourth-order valence-electron chi connectivity index (χ4n) is 7.43. The van der Waals surface area contributed by atoms with Crippen LogP contribution in [0.25, 0.3) is 0 Å². The second-order valence-corrected chi connectivity index (χ2v) is 13.5. The average molecular weight is 650 g/mol. The van der Waals surface area contributed by atoms with Crippen LogP contribution in [0, 0.1) is 0 Å². The molecule has 0 radical (unpaired) electrons. The summed E-state index contributed by atoms with van der Waals surface area (Å²) in [7, 11) is 1.97. The molecule has 2 bridgehead atoms. The molecule has 2 aliphatic heterocycles. The standard InChI is InChI=1S/C35H39NO11/c1-19(42-20(2)37)30(38)46-27(21-10-8-7-9-11-21)31(39)43-24-14-15-35(41)25-18-22-12-13-23(44-32(40)47-33(3,4)5)28-26(22)34(35,29(24)45-28)16-17-36(25)6/h7-14,19,25,27,29,41H,15-18H2,1-6H3/t19-,25+,27-,29-,34-,35+/m0/s1. The van der Waals surface area contributed by atoms with Crippen molar-refractivity contribution >= 4 is 24.1 Å². The number of rotatable bonds is 7. The molecular weight excluding hydrogens is 610 g/mol. The molecule has 0 saturated carbocycles. The molecule has 6 atom stereocenters. The molecule has 1 spiro atoms. The van der Waals surface area contributed by atoms with E-state index in [4.69, 9.17) is 28.4 Å². The van der Waals surface area contributed by atoms with Crippen LogP contribution in [-0.2, 0) is 45.2 Å². The van der Waals surface area contributed by atoms with Crippen molar-refractivity contribution < 1.29 is 52.7 Å². The summed E-state index contributed by atoms with van der Waals surface area (Å²) >= 11 is 0. The molecule has 12 nitrogen and oxygen atoms in total. The number of esters is 3. The van der Waals surface area contributed by atoms with Gasteiger partial charge in [-0.2, -0.15) is 0 Å². The van der Waals surface area contributed by atoms with Crippen LogP contribution in [0.3, 0.4) is 0 Å². The molecule has 2 aliphatic carbocycles. The van der Waals surface area contributed by atoms with E-state index in [0.29, 0.717) is 24.9 Å². The highest BCUT2D eigenvalue weighted by Gasteiger charge is 2.72. The van der Waals surface area contributed by atoms with Gasteiger partial charge in [0.15, 0.2) is 23.7 Å². The van der Waals surface area contributed by atoms with E-state index < -0.39 is 59.0 Å². The Labute approximate surface area is 272 Å². The van der Waals surface area contributed by atoms with Gasteiger partial charge in [-0.15, -0.1) is 0 Å². The van der Waals surface area contributed by atoms with Gasteiger partial charge in [0.25, 0.3) is 0 Å². The molecule has 2 heterocycles. The van der Waals surface area contributed by atoms with E-state index in [-0.39, 0.29) is 29.7 Å². The lowest BCUT2D eigenvalue weighted by molar-refractivity contribution is -0.181. The Morgan fingerprint density at radius 2 is 1.74 bits per heavy atom. The topological polar surface area (TPSA) is 147 Å². The zero-order valence-corrected chi connectivity index (χ0v) is 27.2. The summed E-state index contributed by atoms with van der Waals surface area (Å²) in [5, 5.41) is 12.5. The van der Waals surface area contributed by atoms with Gasteiger partial charge >= 0.3 is 24.1 Å². The number of hydrogen-bond acceptors (Lipinski definition) is 12. The Morgan fingerprint density at radius 1 is 1.02 bits per heavy atom. The molecule has 2 aromatic carbocycles. The molecule has 0 amide bonds. The van der Waals surface area contributed by atoms with E-state index >= 15 is 0 Å². The summed E-state index contributed by atoms with van der Waals surface area (Å²) in [5.74, 6) is -1.96. The van der Waals surface area contributed by atoms with Crippen LogP contribution < -0.4 is 9.47 Å². The smallest absolute Gasteiger partial charge is 0.477 e. The first kappa shape index (κ1) is 32.5. The molecule has 0 unspecified atom stereocenters. The fourth-order valence-corrected chi connectivity index (χ4v) is 7.43. The van der Waals surface area contributed by atoms with Crippen molar-refractivity contribution in [3.8, 4) is 11.5 Å². The first-order valence-electron chi connectivity index (χ1n) is 15.7. The SMILES string of the molecule is CC(=O)O[C@@H](C)C(=O)O[C@H](C(=O)OC1=CC[C@@]2(O)[C@H]3Cc4ccc(OC(=O)OC(C)(C)C)c5c4[C@@]2(CCN3C)[C@H]1O5)c1ccccc1. The number of ether oxygens (including phenoxy) is 6. The number of piperidine rings is 1. The highest BCUT2D eigenvalue weighted by atomic mass is 16.7. The van der Waals surface area contributed by atoms with Gasteiger partial charge in [0, 0.05) is 30.5 Å². The van der Waals surface area contributed by atoms with Crippen LogP contribution >= 0.6 is 0 Å². The number of carbonyl (C=O) groups excluding carboxylic acids is 4. The van der Waals surface area contributed by atoms with Crippen LogP contribution in [0.4, 0.5) is 4.79 Å². The van der Waals surface area contributed by atoms with Gasteiger partial charge in [-0.3, -0.25) is 4.79 Å². The molecule has 1 N–H and O–H groups in total. The number of aliphatic hydroxyl groups is 1. The third kappa shape index (κ3) is 5.53. The summed E-state index contributed by atoms with van der Waals surface area (Å²) in [5.41, 5.74) is -1.13. The lowest BCUT2D eigenvalue weighted by atomic mass is 9.50. The summed E-state index contributed by atoms with van der Waals surface area (Å²) in [6.07, 6.45) is -1.84. The summed E-state index contributed by atoms with van der Waals surface area (Å²) < 4.78 is 34.2. The lowest BCUT2D eigenvalue weighted by Crippen LogP contribution is -2.74. The Kier molecular flexibility index (Phi) is 8.08. The first-order valence-corrected chi connectivity index (χ1v) is 15.7. The first-order chi connectivity index (χ1) is 22.1. The highest BCUT2D eigenvalue weighted by Crippen LogP contribution is 2.65. The quantitative estimate of drug-likeness (QED) is 0.262. The minimum atomic E-state index is -1.50. The van der Waals surface area contributed by atoms with Crippen molar-refractivity contribution in [1.82, 2.24) is 4.90 Å². The van der Waals surface area contributed by atoms with Crippen LogP contribution in [0.15, 0.2) is 54.3 Å². The predicted molar refractivity (Wildman–Crippen MR) is 164 cm³/mol. The Morgan fingerprint density at radius 3 is 2.43 bits per heavy atom. The van der Waals surface area contributed by atoms with Crippen LogP contribution in [-0.4, -0.2) is 77.1 Å². The number of nitrogens with zero attached hydrogens (tertiary/aromatic N) is 1. The van der Waals surface area contributed by atoms with Crippen molar-refractivity contribution in [1.29, 1.82) is 0 Å². The van der Waals surface area contributed by atoms with Gasteiger partial charge in [-0.1, -0.05) is 36.4 Å². The maximum Gasteiger partial charge on any atom is 0.514 e. The molecule has 1 fully saturated rings. The van der Waals surface area contributed by atoms with Crippen molar-refractivity contribution in [3.05, 3.63) is 71.0 Å². The van der Waals surface area contributed by atoms with Crippen molar-refractivity contribution in [2.24, 2.45) is 0 Å². The van der Waals surface area contributed by atoms with Crippen LogP contribution in [0.5, 0.6) is 11.5 Å². The van der Waals surface area contributed by atoms with Crippen molar-refractivity contribution in [2.75, 3.05) is 13.6 Å². The average Bonchev–Trinajstić information content (AvgIpc) is 3.35. The number of likely N-dealkylation sites (tertiary alicyclic amines) is 1. The summed E-state index contributed by atoms with van der Waals surface area (Å²) in [4.78, 5) is 53.1. The van der Waals surface area contributed by atoms with E-state index in [1.807, 2.05) is 13.1 Å². The van der Waals surface area contributed by atoms with E-state index in [0.717, 1.165) is 18.1 Å². The summed E-state index contributed by atoms with van der Waals surface area (Å²) in [6.45, 7) is 8.32. The Balaban J connectivity index is 1.36. The number of likely N-dealkylation sites (N-methyl/N-ethyl adjacent to an activating group) is 1. The maximum absolute atomic E-state index is 13.9. The molecule has 0 aromatic heterocycles. The van der Waals surface area contributed by atoms with E-state index in [1.165, 1.54) is 6.92 Å². The van der Waals surface area contributed by atoms with Gasteiger partial charge in [0.05, 0.1) is 11.0 Å². The second kappa shape index (κ2) is 11.7. The molecular formula is C35H39NO11. The predicted octanol–water partition coefficient (Wildman–Crippen LogP) is 4.06. The van der Waals surface area contributed by atoms with E-state index in [2.05, 4.69) is 4.90 Å². The maximum atomic E-state index is 13.9. The Bertz CT molecular complexity index is 1650. The molecule has 4 aliphatic rings. The number of carbonyl (C=O) groups is 4. The summed E-state index contributed by atoms with van der Waals surface area (Å²) in [6, 6.07) is 11.6. The molecule has 6 rings (SSSR count). The zero-order valence-electron chi connectivity index (χ0n) is 27.2. The van der Waals surface area contributed by atoms with Crippen LogP contribution in [0.2, 0.25) is 0 Å². The third-order valence-corrected chi connectivity index (χ3v) is 9.36. The second-order valence-electron chi connectivity index (χ2n) is 13.5. The van der Waals surface area contributed by atoms with E-state index in [9.17, 15) is 24.3 Å². The Hall–Kier alpha value is -4.42. The molecule has 12 heteroatoms. The largest absolute Gasteiger partial charge is 0.514 e. The van der Waals surface area contributed by atoms with Crippen molar-refractivity contribution in [2.45, 2.75) is 94.9 Å². The normalized spacial score (nSPS) is 26.8. The molecule has 47 heavy (non-hydrogen) atoms.